The van der Waals surface area contributed by atoms with Gasteiger partial charge in [-0.15, -0.1) is 0 Å². The number of benzene rings is 2. The summed E-state index contributed by atoms with van der Waals surface area (Å²) in [5.41, 5.74) is 7.11. The lowest BCUT2D eigenvalue weighted by Gasteiger charge is -2.26. The molecule has 0 N–H and O–H groups in total. The summed E-state index contributed by atoms with van der Waals surface area (Å²) >= 11 is 0. The van der Waals surface area contributed by atoms with Gasteiger partial charge in [0, 0.05) is 33.4 Å². The molecule has 1 heterocycles. The molecule has 5 heteroatoms. The maximum Gasteiger partial charge on any atom is 0.320 e. The smallest absolute Gasteiger partial charge is 0.320 e. The van der Waals surface area contributed by atoms with Crippen molar-refractivity contribution < 1.29 is 4.79 Å². The van der Waals surface area contributed by atoms with E-state index in [0.717, 1.165) is 12.2 Å². The van der Waals surface area contributed by atoms with Gasteiger partial charge in [-0.25, -0.2) is 9.78 Å². The van der Waals surface area contributed by atoms with Gasteiger partial charge in [-0.05, 0) is 43.0 Å². The Morgan fingerprint density at radius 1 is 0.931 bits per heavy atom. The standard InChI is InChI=1S/C24H30N4O/c1-18-9-11-21(12-10-18)14-28-17-25-13-22(28)15-26(4)24(29)27(5)16-23-19(2)7-6-8-20(23)3/h6-13,17H,14-16H2,1-5H3. The molecule has 3 aromatic rings. The third-order valence-electron chi connectivity index (χ3n) is 5.36. The summed E-state index contributed by atoms with van der Waals surface area (Å²) in [6, 6.07) is 14.7. The van der Waals surface area contributed by atoms with E-state index in [0.29, 0.717) is 13.1 Å². The Balaban J connectivity index is 1.65. The van der Waals surface area contributed by atoms with E-state index in [1.807, 2.05) is 26.6 Å². The number of aromatic nitrogens is 2. The number of amides is 2. The van der Waals surface area contributed by atoms with Crippen LogP contribution in [-0.2, 0) is 19.6 Å². The molecule has 0 bridgehead atoms. The maximum atomic E-state index is 12.9. The van der Waals surface area contributed by atoms with Crippen molar-refractivity contribution in [2.75, 3.05) is 14.1 Å². The van der Waals surface area contributed by atoms with Crippen LogP contribution >= 0.6 is 0 Å². The van der Waals surface area contributed by atoms with Gasteiger partial charge in [-0.3, -0.25) is 0 Å². The van der Waals surface area contributed by atoms with E-state index >= 15 is 0 Å². The SMILES string of the molecule is Cc1ccc(Cn2cncc2CN(C)C(=O)N(C)Cc2c(C)cccc2C)cc1. The van der Waals surface area contributed by atoms with Gasteiger partial charge in [0.15, 0.2) is 0 Å². The van der Waals surface area contributed by atoms with Crippen LogP contribution in [0.1, 0.15) is 33.5 Å². The van der Waals surface area contributed by atoms with Gasteiger partial charge in [0.1, 0.15) is 0 Å². The number of hydrogen-bond acceptors (Lipinski definition) is 2. The lowest BCUT2D eigenvalue weighted by molar-refractivity contribution is 0.168. The van der Waals surface area contributed by atoms with Crippen molar-refractivity contribution in [2.45, 2.75) is 40.4 Å². The number of carbonyl (C=O) groups is 1. The van der Waals surface area contributed by atoms with Gasteiger partial charge >= 0.3 is 6.03 Å². The van der Waals surface area contributed by atoms with E-state index in [9.17, 15) is 4.79 Å². The highest BCUT2D eigenvalue weighted by atomic mass is 16.2. The van der Waals surface area contributed by atoms with Crippen molar-refractivity contribution in [2.24, 2.45) is 0 Å². The molecule has 2 aromatic carbocycles. The molecule has 5 nitrogen and oxygen atoms in total. The second-order valence-electron chi connectivity index (χ2n) is 7.86. The molecule has 0 fully saturated rings. The predicted molar refractivity (Wildman–Crippen MR) is 117 cm³/mol. The van der Waals surface area contributed by atoms with Crippen LogP contribution in [0.15, 0.2) is 55.0 Å². The summed E-state index contributed by atoms with van der Waals surface area (Å²) in [5, 5.41) is 0. The average Bonchev–Trinajstić information content (AvgIpc) is 3.12. The molecule has 0 saturated heterocycles. The van der Waals surface area contributed by atoms with E-state index < -0.39 is 0 Å². The minimum atomic E-state index is -0.00395. The number of hydrogen-bond donors (Lipinski definition) is 0. The Labute approximate surface area is 173 Å². The fraction of sp³-hybridized carbons (Fsp3) is 0.333. The van der Waals surface area contributed by atoms with Gasteiger partial charge in [0.05, 0.1) is 18.6 Å². The predicted octanol–water partition coefficient (Wildman–Crippen LogP) is 4.54. The van der Waals surface area contributed by atoms with E-state index in [1.54, 1.807) is 9.80 Å². The molecule has 0 unspecified atom stereocenters. The van der Waals surface area contributed by atoms with Crippen molar-refractivity contribution in [3.05, 3.63) is 88.5 Å². The Morgan fingerprint density at radius 3 is 2.21 bits per heavy atom. The molecule has 1 aromatic heterocycles. The van der Waals surface area contributed by atoms with Gasteiger partial charge in [-0.1, -0.05) is 48.0 Å². The highest BCUT2D eigenvalue weighted by molar-refractivity contribution is 5.73. The Hall–Kier alpha value is -3.08. The topological polar surface area (TPSA) is 41.4 Å². The number of nitrogens with zero attached hydrogens (tertiary/aromatic N) is 4. The highest BCUT2D eigenvalue weighted by Gasteiger charge is 2.17. The van der Waals surface area contributed by atoms with E-state index in [2.05, 4.69) is 72.8 Å². The number of rotatable bonds is 6. The summed E-state index contributed by atoms with van der Waals surface area (Å²) < 4.78 is 2.10. The molecular formula is C24H30N4O. The Bertz CT molecular complexity index is 955. The normalized spacial score (nSPS) is 10.8. The first-order valence-corrected chi connectivity index (χ1v) is 9.91. The summed E-state index contributed by atoms with van der Waals surface area (Å²) in [6.45, 7) is 8.13. The third kappa shape index (κ3) is 5.05. The average molecular weight is 391 g/mol. The molecule has 2 amide bonds. The molecule has 0 saturated carbocycles. The van der Waals surface area contributed by atoms with E-state index in [4.69, 9.17) is 0 Å². The lowest BCUT2D eigenvalue weighted by atomic mass is 10.0. The molecule has 0 radical (unpaired) electrons. The minimum Gasteiger partial charge on any atom is -0.329 e. The summed E-state index contributed by atoms with van der Waals surface area (Å²) in [7, 11) is 3.70. The Kier molecular flexibility index (Phi) is 6.37. The van der Waals surface area contributed by atoms with Crippen LogP contribution in [0.2, 0.25) is 0 Å². The van der Waals surface area contributed by atoms with Gasteiger partial charge in [0.25, 0.3) is 0 Å². The van der Waals surface area contributed by atoms with E-state index in [1.165, 1.54) is 27.8 Å². The quantitative estimate of drug-likeness (QED) is 0.620. The first-order valence-electron chi connectivity index (χ1n) is 9.91. The van der Waals surface area contributed by atoms with Crippen molar-refractivity contribution >= 4 is 6.03 Å². The molecule has 3 rings (SSSR count). The molecule has 0 atom stereocenters. The first kappa shape index (κ1) is 20.6. The monoisotopic (exact) mass is 390 g/mol. The van der Waals surface area contributed by atoms with Crippen molar-refractivity contribution in [1.82, 2.24) is 19.4 Å². The molecule has 0 aliphatic heterocycles. The summed E-state index contributed by atoms with van der Waals surface area (Å²) in [5.74, 6) is 0. The third-order valence-corrected chi connectivity index (χ3v) is 5.36. The van der Waals surface area contributed by atoms with Crippen LogP contribution in [0.25, 0.3) is 0 Å². The molecular weight excluding hydrogens is 360 g/mol. The zero-order chi connectivity index (χ0) is 21.0. The number of aryl methyl sites for hydroxylation is 3. The van der Waals surface area contributed by atoms with Crippen LogP contribution < -0.4 is 0 Å². The molecule has 29 heavy (non-hydrogen) atoms. The number of urea groups is 1. The largest absolute Gasteiger partial charge is 0.329 e. The van der Waals surface area contributed by atoms with Gasteiger partial charge < -0.3 is 14.4 Å². The molecule has 0 spiro atoms. The second kappa shape index (κ2) is 8.95. The second-order valence-corrected chi connectivity index (χ2v) is 7.86. The van der Waals surface area contributed by atoms with Gasteiger partial charge in [0.2, 0.25) is 0 Å². The number of carbonyl (C=O) groups excluding carboxylic acids is 1. The van der Waals surface area contributed by atoms with Crippen LogP contribution in [0, 0.1) is 20.8 Å². The fourth-order valence-corrected chi connectivity index (χ4v) is 3.52. The van der Waals surface area contributed by atoms with Crippen LogP contribution in [0.5, 0.6) is 0 Å². The summed E-state index contributed by atoms with van der Waals surface area (Å²) in [4.78, 5) is 20.7. The molecule has 152 valence electrons. The Morgan fingerprint density at radius 2 is 1.55 bits per heavy atom. The first-order chi connectivity index (χ1) is 13.8. The van der Waals surface area contributed by atoms with E-state index in [-0.39, 0.29) is 6.03 Å². The van der Waals surface area contributed by atoms with Crippen LogP contribution in [0.3, 0.4) is 0 Å². The van der Waals surface area contributed by atoms with Crippen molar-refractivity contribution in [3.8, 4) is 0 Å². The zero-order valence-corrected chi connectivity index (χ0v) is 18.0. The van der Waals surface area contributed by atoms with Crippen molar-refractivity contribution in [3.63, 3.8) is 0 Å². The van der Waals surface area contributed by atoms with Gasteiger partial charge in [-0.2, -0.15) is 0 Å². The van der Waals surface area contributed by atoms with Crippen molar-refractivity contribution in [1.29, 1.82) is 0 Å². The molecule has 0 aliphatic carbocycles. The number of imidazole rings is 1. The molecule has 0 aliphatic rings. The fourth-order valence-electron chi connectivity index (χ4n) is 3.52. The minimum absolute atomic E-state index is 0.00395. The maximum absolute atomic E-state index is 12.9. The lowest BCUT2D eigenvalue weighted by Crippen LogP contribution is -2.38. The zero-order valence-electron chi connectivity index (χ0n) is 18.0. The summed E-state index contributed by atoms with van der Waals surface area (Å²) in [6.07, 6.45) is 3.66. The highest BCUT2D eigenvalue weighted by Crippen LogP contribution is 2.16. The van der Waals surface area contributed by atoms with Crippen LogP contribution in [0.4, 0.5) is 4.79 Å². The van der Waals surface area contributed by atoms with Crippen LogP contribution in [-0.4, -0.2) is 39.5 Å².